The monoisotopic (exact) mass is 346 g/mol. The number of ketones is 1. The van der Waals surface area contributed by atoms with Crippen LogP contribution in [-0.2, 0) is 4.79 Å². The molecule has 118 valence electrons. The molecule has 0 aliphatic carbocycles. The molecule has 1 atom stereocenters. The van der Waals surface area contributed by atoms with Crippen molar-refractivity contribution in [3.8, 4) is 0 Å². The molecule has 2 aromatic rings. The highest BCUT2D eigenvalue weighted by atomic mass is 35.5. The molecule has 4 nitrogen and oxygen atoms in total. The molecule has 0 fully saturated rings. The van der Waals surface area contributed by atoms with Crippen LogP contribution in [0, 0.1) is 11.8 Å². The van der Waals surface area contributed by atoms with Crippen molar-refractivity contribution >= 4 is 46.0 Å². The van der Waals surface area contributed by atoms with E-state index in [4.69, 9.17) is 11.6 Å². The Balaban J connectivity index is 1.98. The number of thiophene rings is 1. The number of rotatable bonds is 4. The predicted octanol–water partition coefficient (Wildman–Crippen LogP) is 4.26. The maximum absolute atomic E-state index is 12.8. The van der Waals surface area contributed by atoms with Gasteiger partial charge in [-0.15, -0.1) is 11.3 Å². The highest BCUT2D eigenvalue weighted by molar-refractivity contribution is 7.12. The van der Waals surface area contributed by atoms with Gasteiger partial charge in [0.1, 0.15) is 5.92 Å². The van der Waals surface area contributed by atoms with Gasteiger partial charge < -0.3 is 0 Å². The minimum absolute atomic E-state index is 0.00478. The summed E-state index contributed by atoms with van der Waals surface area (Å²) in [5, 5.41) is 8.14. The molecule has 0 radical (unpaired) electrons. The number of carbonyl (C=O) groups excluding carboxylic acids is 2. The largest absolute Gasteiger partial charge is 0.292 e. The maximum atomic E-state index is 12.8. The Morgan fingerprint density at radius 2 is 1.96 bits per heavy atom. The lowest BCUT2D eigenvalue weighted by Gasteiger charge is -2.14. The molecule has 0 saturated heterocycles. The highest BCUT2D eigenvalue weighted by Crippen LogP contribution is 2.30. The van der Waals surface area contributed by atoms with Crippen LogP contribution in [0.15, 0.2) is 46.9 Å². The molecular formula is C17H15ClN2O2S. The summed E-state index contributed by atoms with van der Waals surface area (Å²) in [7, 11) is 0. The highest BCUT2D eigenvalue weighted by Gasteiger charge is 2.43. The molecule has 1 aliphatic rings. The number of hydrogen-bond acceptors (Lipinski definition) is 4. The maximum Gasteiger partial charge on any atom is 0.264 e. The Labute approximate surface area is 143 Å². The molecular weight excluding hydrogens is 332 g/mol. The second-order valence-electron chi connectivity index (χ2n) is 5.58. The first-order chi connectivity index (χ1) is 11.0. The van der Waals surface area contributed by atoms with Crippen LogP contribution in [-0.4, -0.2) is 17.4 Å². The minimum Gasteiger partial charge on any atom is -0.292 e. The van der Waals surface area contributed by atoms with E-state index >= 15 is 0 Å². The lowest BCUT2D eigenvalue weighted by atomic mass is 9.90. The average Bonchev–Trinajstić information content (AvgIpc) is 3.15. The molecule has 0 unspecified atom stereocenters. The standard InChI is InChI=1S/C17H15ClN2O2S/c1-10(2)15-14(16(21)13-4-3-9-23-13)17(22)20(19-15)12-7-5-11(18)6-8-12/h3-10,14H,1-2H3/t14-/m1/s1. The zero-order chi connectivity index (χ0) is 16.6. The minimum atomic E-state index is -0.843. The van der Waals surface area contributed by atoms with Crippen LogP contribution in [0.2, 0.25) is 5.02 Å². The molecule has 0 spiro atoms. The van der Waals surface area contributed by atoms with Gasteiger partial charge in [0.25, 0.3) is 5.91 Å². The molecule has 1 aliphatic heterocycles. The lowest BCUT2D eigenvalue weighted by molar-refractivity contribution is -0.118. The van der Waals surface area contributed by atoms with Crippen LogP contribution in [0.4, 0.5) is 5.69 Å². The molecule has 1 amide bonds. The van der Waals surface area contributed by atoms with Crippen LogP contribution >= 0.6 is 22.9 Å². The fraction of sp³-hybridized carbons (Fsp3) is 0.235. The third-order valence-corrected chi connectivity index (χ3v) is 4.79. The van der Waals surface area contributed by atoms with Gasteiger partial charge in [0.15, 0.2) is 5.78 Å². The number of hydrazone groups is 1. The number of nitrogens with zero attached hydrogens (tertiary/aromatic N) is 2. The van der Waals surface area contributed by atoms with Crippen molar-refractivity contribution in [1.29, 1.82) is 0 Å². The van der Waals surface area contributed by atoms with Gasteiger partial charge in [-0.25, -0.2) is 0 Å². The third kappa shape index (κ3) is 2.94. The fourth-order valence-electron chi connectivity index (χ4n) is 2.49. The smallest absolute Gasteiger partial charge is 0.264 e. The van der Waals surface area contributed by atoms with E-state index in [1.807, 2.05) is 19.2 Å². The first kappa shape index (κ1) is 15.9. The zero-order valence-corrected chi connectivity index (χ0v) is 14.3. The number of benzene rings is 1. The van der Waals surface area contributed by atoms with Crippen LogP contribution in [0.1, 0.15) is 23.5 Å². The van der Waals surface area contributed by atoms with E-state index in [0.717, 1.165) is 0 Å². The Morgan fingerprint density at radius 3 is 2.52 bits per heavy atom. The SMILES string of the molecule is CC(C)C1=NN(c2ccc(Cl)cc2)C(=O)[C@H]1C(=O)c1cccs1. The number of Topliss-reactive ketones (excluding diaryl/α,β-unsaturated/α-hetero) is 1. The average molecular weight is 347 g/mol. The van der Waals surface area contributed by atoms with Gasteiger partial charge in [0.05, 0.1) is 16.3 Å². The van der Waals surface area contributed by atoms with Gasteiger partial charge in [0.2, 0.25) is 0 Å². The van der Waals surface area contributed by atoms with Crippen LogP contribution < -0.4 is 5.01 Å². The Hall–Kier alpha value is -1.98. The summed E-state index contributed by atoms with van der Waals surface area (Å²) in [6.07, 6.45) is 0. The molecule has 1 aromatic heterocycles. The Kier molecular flexibility index (Phi) is 4.33. The van der Waals surface area contributed by atoms with E-state index in [2.05, 4.69) is 5.10 Å². The van der Waals surface area contributed by atoms with Crippen molar-refractivity contribution in [2.45, 2.75) is 13.8 Å². The number of amides is 1. The normalized spacial score (nSPS) is 17.7. The van der Waals surface area contributed by atoms with Crippen molar-refractivity contribution in [3.05, 3.63) is 51.7 Å². The van der Waals surface area contributed by atoms with Crippen LogP contribution in [0.3, 0.4) is 0 Å². The summed E-state index contributed by atoms with van der Waals surface area (Å²) in [6, 6.07) is 10.4. The molecule has 1 aromatic carbocycles. The molecule has 23 heavy (non-hydrogen) atoms. The van der Waals surface area contributed by atoms with Gasteiger partial charge in [-0.1, -0.05) is 31.5 Å². The number of anilines is 1. The molecule has 0 N–H and O–H groups in total. The van der Waals surface area contributed by atoms with Gasteiger partial charge in [-0.3, -0.25) is 9.59 Å². The van der Waals surface area contributed by atoms with E-state index < -0.39 is 5.92 Å². The Bertz CT molecular complexity index is 766. The summed E-state index contributed by atoms with van der Waals surface area (Å²) >= 11 is 7.23. The van der Waals surface area contributed by atoms with E-state index in [1.54, 1.807) is 36.4 Å². The number of halogens is 1. The van der Waals surface area contributed by atoms with Crippen LogP contribution in [0.5, 0.6) is 0 Å². The lowest BCUT2D eigenvalue weighted by Crippen LogP contribution is -2.34. The molecule has 0 saturated carbocycles. The van der Waals surface area contributed by atoms with Gasteiger partial charge in [0, 0.05) is 5.02 Å². The van der Waals surface area contributed by atoms with E-state index in [0.29, 0.717) is 21.3 Å². The van der Waals surface area contributed by atoms with E-state index in [1.165, 1.54) is 16.3 Å². The first-order valence-corrected chi connectivity index (χ1v) is 8.50. The summed E-state index contributed by atoms with van der Waals surface area (Å²) in [4.78, 5) is 26.1. The quantitative estimate of drug-likeness (QED) is 0.613. The molecule has 0 bridgehead atoms. The van der Waals surface area contributed by atoms with E-state index in [9.17, 15) is 9.59 Å². The van der Waals surface area contributed by atoms with E-state index in [-0.39, 0.29) is 17.6 Å². The van der Waals surface area contributed by atoms with Gasteiger partial charge in [-0.2, -0.15) is 10.1 Å². The third-order valence-electron chi connectivity index (χ3n) is 3.66. The Morgan fingerprint density at radius 1 is 1.26 bits per heavy atom. The summed E-state index contributed by atoms with van der Waals surface area (Å²) in [5.41, 5.74) is 1.21. The van der Waals surface area contributed by atoms with Crippen molar-refractivity contribution in [3.63, 3.8) is 0 Å². The topological polar surface area (TPSA) is 49.7 Å². The summed E-state index contributed by atoms with van der Waals surface area (Å²) in [5.74, 6) is -1.34. The molecule has 6 heteroatoms. The van der Waals surface area contributed by atoms with Gasteiger partial charge in [-0.05, 0) is 41.6 Å². The molecule has 3 rings (SSSR count). The molecule has 2 heterocycles. The van der Waals surface area contributed by atoms with Crippen LogP contribution in [0.25, 0.3) is 0 Å². The predicted molar refractivity (Wildman–Crippen MR) is 93.4 cm³/mol. The summed E-state index contributed by atoms with van der Waals surface area (Å²) < 4.78 is 0. The first-order valence-electron chi connectivity index (χ1n) is 7.24. The number of hydrogen-bond donors (Lipinski definition) is 0. The zero-order valence-electron chi connectivity index (χ0n) is 12.7. The van der Waals surface area contributed by atoms with Crippen molar-refractivity contribution in [1.82, 2.24) is 0 Å². The summed E-state index contributed by atoms with van der Waals surface area (Å²) in [6.45, 7) is 3.87. The van der Waals surface area contributed by atoms with Crippen molar-refractivity contribution in [2.75, 3.05) is 5.01 Å². The van der Waals surface area contributed by atoms with Crippen molar-refractivity contribution < 1.29 is 9.59 Å². The second-order valence-corrected chi connectivity index (χ2v) is 6.96. The number of carbonyl (C=O) groups is 2. The van der Waals surface area contributed by atoms with Gasteiger partial charge >= 0.3 is 0 Å². The second kappa shape index (κ2) is 6.26. The fourth-order valence-corrected chi connectivity index (χ4v) is 3.32. The van der Waals surface area contributed by atoms with Crippen molar-refractivity contribution in [2.24, 2.45) is 16.9 Å².